The third kappa shape index (κ3) is 3.33. The van der Waals surface area contributed by atoms with Gasteiger partial charge in [0.1, 0.15) is 5.78 Å². The van der Waals surface area contributed by atoms with Crippen LogP contribution in [0.25, 0.3) is 0 Å². The van der Waals surface area contributed by atoms with Crippen molar-refractivity contribution in [1.29, 1.82) is 0 Å². The van der Waals surface area contributed by atoms with Crippen LogP contribution in [-0.2, 0) is 4.79 Å². The first-order valence-corrected chi connectivity index (χ1v) is 7.13. The van der Waals surface area contributed by atoms with Crippen LogP contribution in [0.2, 0.25) is 0 Å². The lowest BCUT2D eigenvalue weighted by atomic mass is 9.73. The number of carbonyl (C=O) groups excluding carboxylic acids is 1. The highest BCUT2D eigenvalue weighted by Crippen LogP contribution is 2.35. The van der Waals surface area contributed by atoms with Crippen LogP contribution in [0.5, 0.6) is 0 Å². The van der Waals surface area contributed by atoms with E-state index in [1.807, 2.05) is 0 Å². The lowest BCUT2D eigenvalue weighted by Crippen LogP contribution is -2.28. The number of hydrogen-bond acceptors (Lipinski definition) is 1. The minimum atomic E-state index is 0.334. The number of ketones is 1. The summed E-state index contributed by atoms with van der Waals surface area (Å²) >= 11 is 0. The van der Waals surface area contributed by atoms with E-state index in [2.05, 4.69) is 27.7 Å². The van der Waals surface area contributed by atoms with Gasteiger partial charge in [-0.2, -0.15) is 0 Å². The Bertz CT molecular complexity index is 207. The molecule has 0 saturated heterocycles. The first kappa shape index (κ1) is 13.7. The Labute approximate surface area is 101 Å². The lowest BCUT2D eigenvalue weighted by Gasteiger charge is -2.31. The SMILES string of the molecule is CCC(CC)C(=O)C1CCC(C(C)C)CC1. The van der Waals surface area contributed by atoms with Gasteiger partial charge >= 0.3 is 0 Å². The lowest BCUT2D eigenvalue weighted by molar-refractivity contribution is -0.128. The third-order valence-electron chi connectivity index (χ3n) is 4.50. The highest BCUT2D eigenvalue weighted by molar-refractivity contribution is 5.83. The zero-order valence-electron chi connectivity index (χ0n) is 11.5. The largest absolute Gasteiger partial charge is 0.299 e. The van der Waals surface area contributed by atoms with Gasteiger partial charge in [-0.1, -0.05) is 27.7 Å². The van der Waals surface area contributed by atoms with E-state index in [4.69, 9.17) is 0 Å². The summed E-state index contributed by atoms with van der Waals surface area (Å²) in [7, 11) is 0. The van der Waals surface area contributed by atoms with Gasteiger partial charge in [0.05, 0.1) is 0 Å². The fourth-order valence-corrected chi connectivity index (χ4v) is 3.09. The number of rotatable bonds is 5. The Morgan fingerprint density at radius 1 is 1.06 bits per heavy atom. The molecule has 1 saturated carbocycles. The van der Waals surface area contributed by atoms with Crippen LogP contribution in [0.15, 0.2) is 0 Å². The first-order valence-electron chi connectivity index (χ1n) is 7.13. The number of hydrogen-bond donors (Lipinski definition) is 0. The van der Waals surface area contributed by atoms with Gasteiger partial charge < -0.3 is 0 Å². The summed E-state index contributed by atoms with van der Waals surface area (Å²) in [4.78, 5) is 12.2. The van der Waals surface area contributed by atoms with Gasteiger partial charge in [0, 0.05) is 11.8 Å². The molecule has 0 spiro atoms. The minimum absolute atomic E-state index is 0.334. The second-order valence-electron chi connectivity index (χ2n) is 5.77. The Morgan fingerprint density at radius 3 is 1.94 bits per heavy atom. The van der Waals surface area contributed by atoms with E-state index >= 15 is 0 Å². The van der Waals surface area contributed by atoms with Gasteiger partial charge in [-0.3, -0.25) is 4.79 Å². The zero-order chi connectivity index (χ0) is 12.1. The fourth-order valence-electron chi connectivity index (χ4n) is 3.09. The maximum Gasteiger partial charge on any atom is 0.139 e. The van der Waals surface area contributed by atoms with Gasteiger partial charge in [0.2, 0.25) is 0 Å². The van der Waals surface area contributed by atoms with Crippen molar-refractivity contribution in [3.05, 3.63) is 0 Å². The molecule has 94 valence electrons. The van der Waals surface area contributed by atoms with Gasteiger partial charge in [0.15, 0.2) is 0 Å². The monoisotopic (exact) mass is 224 g/mol. The molecule has 0 aromatic carbocycles. The fraction of sp³-hybridized carbons (Fsp3) is 0.933. The van der Waals surface area contributed by atoms with E-state index in [0.29, 0.717) is 17.6 Å². The van der Waals surface area contributed by atoms with E-state index < -0.39 is 0 Å². The normalized spacial score (nSPS) is 26.4. The molecule has 0 amide bonds. The van der Waals surface area contributed by atoms with Gasteiger partial charge in [0.25, 0.3) is 0 Å². The summed E-state index contributed by atoms with van der Waals surface area (Å²) < 4.78 is 0. The third-order valence-corrected chi connectivity index (χ3v) is 4.50. The zero-order valence-corrected chi connectivity index (χ0v) is 11.5. The molecule has 0 aromatic rings. The van der Waals surface area contributed by atoms with E-state index in [9.17, 15) is 4.79 Å². The van der Waals surface area contributed by atoms with Gasteiger partial charge in [-0.15, -0.1) is 0 Å². The second-order valence-corrected chi connectivity index (χ2v) is 5.77. The quantitative estimate of drug-likeness (QED) is 0.674. The van der Waals surface area contributed by atoms with Crippen molar-refractivity contribution in [3.63, 3.8) is 0 Å². The minimum Gasteiger partial charge on any atom is -0.299 e. The standard InChI is InChI=1S/C15H28O/c1-5-12(6-2)15(16)14-9-7-13(8-10-14)11(3)4/h11-14H,5-10H2,1-4H3. The topological polar surface area (TPSA) is 17.1 Å². The maximum absolute atomic E-state index is 12.2. The summed E-state index contributed by atoms with van der Waals surface area (Å²) in [5.41, 5.74) is 0. The van der Waals surface area contributed by atoms with Crippen molar-refractivity contribution in [2.75, 3.05) is 0 Å². The number of carbonyl (C=O) groups is 1. The summed E-state index contributed by atoms with van der Waals surface area (Å²) in [6.45, 7) is 8.92. The maximum atomic E-state index is 12.2. The van der Waals surface area contributed by atoms with E-state index in [1.54, 1.807) is 0 Å². The molecule has 0 radical (unpaired) electrons. The molecular formula is C15H28O. The molecule has 0 aromatic heterocycles. The molecule has 1 aliphatic rings. The second kappa shape index (κ2) is 6.42. The molecule has 1 nitrogen and oxygen atoms in total. The van der Waals surface area contributed by atoms with Gasteiger partial charge in [-0.05, 0) is 50.4 Å². The highest BCUT2D eigenvalue weighted by Gasteiger charge is 2.30. The number of Topliss-reactive ketones (excluding diaryl/α,β-unsaturated/α-hetero) is 1. The van der Waals surface area contributed by atoms with Crippen molar-refractivity contribution in [2.24, 2.45) is 23.7 Å². The van der Waals surface area contributed by atoms with Crippen molar-refractivity contribution >= 4 is 5.78 Å². The van der Waals surface area contributed by atoms with E-state index in [-0.39, 0.29) is 0 Å². The molecule has 0 N–H and O–H groups in total. The van der Waals surface area contributed by atoms with E-state index in [1.165, 1.54) is 12.8 Å². The molecule has 16 heavy (non-hydrogen) atoms. The van der Waals surface area contributed by atoms with Crippen LogP contribution >= 0.6 is 0 Å². The Balaban J connectivity index is 2.44. The van der Waals surface area contributed by atoms with Crippen molar-refractivity contribution in [3.8, 4) is 0 Å². The summed E-state index contributed by atoms with van der Waals surface area (Å²) in [5.74, 6) is 2.95. The molecule has 0 aliphatic heterocycles. The predicted molar refractivity (Wildman–Crippen MR) is 69.4 cm³/mol. The highest BCUT2D eigenvalue weighted by atomic mass is 16.1. The Kier molecular flexibility index (Phi) is 5.51. The Morgan fingerprint density at radius 2 is 1.56 bits per heavy atom. The molecule has 0 unspecified atom stereocenters. The summed E-state index contributed by atoms with van der Waals surface area (Å²) in [6.07, 6.45) is 6.90. The van der Waals surface area contributed by atoms with E-state index in [0.717, 1.165) is 37.5 Å². The first-order chi connectivity index (χ1) is 7.60. The smallest absolute Gasteiger partial charge is 0.139 e. The molecule has 1 heteroatoms. The van der Waals surface area contributed by atoms with Crippen molar-refractivity contribution < 1.29 is 4.79 Å². The molecular weight excluding hydrogens is 196 g/mol. The van der Waals surface area contributed by atoms with Crippen LogP contribution in [0.1, 0.15) is 66.2 Å². The molecule has 0 bridgehead atoms. The molecule has 1 aliphatic carbocycles. The van der Waals surface area contributed by atoms with Crippen LogP contribution in [0.3, 0.4) is 0 Å². The van der Waals surface area contributed by atoms with Crippen LogP contribution in [0, 0.1) is 23.7 Å². The predicted octanol–water partition coefficient (Wildman–Crippen LogP) is 4.45. The molecule has 0 atom stereocenters. The summed E-state index contributed by atoms with van der Waals surface area (Å²) in [5, 5.41) is 0. The molecule has 1 fully saturated rings. The Hall–Kier alpha value is -0.330. The summed E-state index contributed by atoms with van der Waals surface area (Å²) in [6, 6.07) is 0. The van der Waals surface area contributed by atoms with Crippen molar-refractivity contribution in [2.45, 2.75) is 66.2 Å². The van der Waals surface area contributed by atoms with Crippen molar-refractivity contribution in [1.82, 2.24) is 0 Å². The van der Waals surface area contributed by atoms with Gasteiger partial charge in [-0.25, -0.2) is 0 Å². The molecule has 1 rings (SSSR count). The average molecular weight is 224 g/mol. The molecule has 0 heterocycles. The average Bonchev–Trinajstić information content (AvgIpc) is 2.30. The van der Waals surface area contributed by atoms with Crippen LogP contribution in [0.4, 0.5) is 0 Å². The van der Waals surface area contributed by atoms with Crippen LogP contribution < -0.4 is 0 Å². The van der Waals surface area contributed by atoms with Crippen LogP contribution in [-0.4, -0.2) is 5.78 Å².